The summed E-state index contributed by atoms with van der Waals surface area (Å²) in [6, 6.07) is 0.315. The first kappa shape index (κ1) is 10.9. The van der Waals surface area contributed by atoms with Gasteiger partial charge in [0.15, 0.2) is 0 Å². The molecule has 0 aliphatic rings. The quantitative estimate of drug-likeness (QED) is 0.634. The molecule has 0 spiro atoms. The molecule has 4 N–H and O–H groups in total. The van der Waals surface area contributed by atoms with Crippen LogP contribution in [0.15, 0.2) is 0 Å². The summed E-state index contributed by atoms with van der Waals surface area (Å²) in [5.74, 6) is 1.34. The molecular weight excluding hydrogens is 136 g/mol. The summed E-state index contributed by atoms with van der Waals surface area (Å²) in [6.07, 6.45) is 2.33. The van der Waals surface area contributed by atoms with Crippen LogP contribution in [0.25, 0.3) is 0 Å². The van der Waals surface area contributed by atoms with Crippen molar-refractivity contribution in [3.63, 3.8) is 0 Å². The van der Waals surface area contributed by atoms with Crippen molar-refractivity contribution in [3.8, 4) is 0 Å². The molecule has 0 saturated heterocycles. The maximum Gasteiger partial charge on any atom is 0.00362 e. The summed E-state index contributed by atoms with van der Waals surface area (Å²) in [4.78, 5) is 0. The largest absolute Gasteiger partial charge is 0.330 e. The molecule has 0 saturated carbocycles. The third-order valence-electron chi connectivity index (χ3n) is 2.33. The van der Waals surface area contributed by atoms with E-state index >= 15 is 0 Å². The van der Waals surface area contributed by atoms with E-state index in [-0.39, 0.29) is 0 Å². The van der Waals surface area contributed by atoms with Gasteiger partial charge in [0.1, 0.15) is 0 Å². The highest BCUT2D eigenvalue weighted by Crippen LogP contribution is 2.16. The molecular formula is C9H22N2. The molecule has 0 aromatic carbocycles. The van der Waals surface area contributed by atoms with E-state index in [1.807, 2.05) is 0 Å². The maximum absolute atomic E-state index is 5.75. The predicted molar refractivity (Wildman–Crippen MR) is 50.3 cm³/mol. The predicted octanol–water partition coefficient (Wildman–Crippen LogP) is 1.34. The molecule has 0 rings (SSSR count). The van der Waals surface area contributed by atoms with Crippen LogP contribution in [0.3, 0.4) is 0 Å². The van der Waals surface area contributed by atoms with Gasteiger partial charge in [-0.15, -0.1) is 0 Å². The van der Waals surface area contributed by atoms with Crippen LogP contribution in [0.1, 0.15) is 33.6 Å². The van der Waals surface area contributed by atoms with Crippen molar-refractivity contribution in [2.75, 3.05) is 6.54 Å². The van der Waals surface area contributed by atoms with Gasteiger partial charge in [0.05, 0.1) is 0 Å². The van der Waals surface area contributed by atoms with Crippen LogP contribution in [0.5, 0.6) is 0 Å². The van der Waals surface area contributed by atoms with Gasteiger partial charge < -0.3 is 11.5 Å². The second kappa shape index (κ2) is 5.56. The fourth-order valence-corrected chi connectivity index (χ4v) is 1.25. The summed E-state index contributed by atoms with van der Waals surface area (Å²) in [7, 11) is 0. The van der Waals surface area contributed by atoms with E-state index in [0.29, 0.717) is 12.0 Å². The highest BCUT2D eigenvalue weighted by atomic mass is 14.6. The van der Waals surface area contributed by atoms with E-state index in [9.17, 15) is 0 Å². The lowest BCUT2D eigenvalue weighted by molar-refractivity contribution is 0.360. The minimum absolute atomic E-state index is 0.315. The molecule has 2 heteroatoms. The average Bonchev–Trinajstić information content (AvgIpc) is 1.87. The highest BCUT2D eigenvalue weighted by molar-refractivity contribution is 4.67. The average molecular weight is 158 g/mol. The molecule has 0 amide bonds. The minimum Gasteiger partial charge on any atom is -0.330 e. The lowest BCUT2D eigenvalue weighted by Gasteiger charge is -2.19. The van der Waals surface area contributed by atoms with Crippen LogP contribution in [0.2, 0.25) is 0 Å². The second-order valence-electron chi connectivity index (χ2n) is 3.75. The first-order valence-electron chi connectivity index (χ1n) is 4.53. The molecule has 3 atom stereocenters. The Bertz CT molecular complexity index is 91.6. The number of hydrogen-bond donors (Lipinski definition) is 2. The van der Waals surface area contributed by atoms with Gasteiger partial charge in [-0.1, -0.05) is 13.8 Å². The molecule has 0 heterocycles. The molecule has 0 aliphatic heterocycles. The molecule has 0 radical (unpaired) electrons. The Morgan fingerprint density at radius 2 is 1.73 bits per heavy atom. The van der Waals surface area contributed by atoms with Crippen molar-refractivity contribution in [1.82, 2.24) is 0 Å². The zero-order valence-corrected chi connectivity index (χ0v) is 8.01. The van der Waals surface area contributed by atoms with E-state index in [4.69, 9.17) is 11.5 Å². The van der Waals surface area contributed by atoms with Crippen LogP contribution in [0, 0.1) is 11.8 Å². The Hall–Kier alpha value is -0.0800. The van der Waals surface area contributed by atoms with Crippen LogP contribution in [-0.4, -0.2) is 12.6 Å². The molecule has 2 nitrogen and oxygen atoms in total. The standard InChI is InChI=1S/C9H22N2/c1-7(4-5-10)6-8(2)9(3)11/h7-9H,4-6,10-11H2,1-3H3. The van der Waals surface area contributed by atoms with Crippen LogP contribution < -0.4 is 11.5 Å². The van der Waals surface area contributed by atoms with Crippen molar-refractivity contribution >= 4 is 0 Å². The fourth-order valence-electron chi connectivity index (χ4n) is 1.25. The monoisotopic (exact) mass is 158 g/mol. The van der Waals surface area contributed by atoms with E-state index in [1.54, 1.807) is 0 Å². The van der Waals surface area contributed by atoms with Gasteiger partial charge >= 0.3 is 0 Å². The van der Waals surface area contributed by atoms with Gasteiger partial charge in [-0.05, 0) is 38.1 Å². The normalized spacial score (nSPS) is 19.4. The zero-order chi connectivity index (χ0) is 8.85. The Labute approximate surface area is 70.3 Å². The van der Waals surface area contributed by atoms with Crippen molar-refractivity contribution in [2.45, 2.75) is 39.7 Å². The van der Waals surface area contributed by atoms with Crippen molar-refractivity contribution in [3.05, 3.63) is 0 Å². The third-order valence-corrected chi connectivity index (χ3v) is 2.33. The van der Waals surface area contributed by atoms with E-state index in [2.05, 4.69) is 20.8 Å². The first-order chi connectivity index (χ1) is 5.07. The van der Waals surface area contributed by atoms with Gasteiger partial charge in [0, 0.05) is 6.04 Å². The van der Waals surface area contributed by atoms with Crippen molar-refractivity contribution in [1.29, 1.82) is 0 Å². The molecule has 0 aliphatic carbocycles. The van der Waals surface area contributed by atoms with Gasteiger partial charge in [-0.25, -0.2) is 0 Å². The topological polar surface area (TPSA) is 52.0 Å². The molecule has 68 valence electrons. The van der Waals surface area contributed by atoms with Crippen LogP contribution in [0.4, 0.5) is 0 Å². The number of rotatable bonds is 5. The third kappa shape index (κ3) is 5.22. The van der Waals surface area contributed by atoms with E-state index in [1.165, 1.54) is 6.42 Å². The van der Waals surface area contributed by atoms with E-state index in [0.717, 1.165) is 18.9 Å². The smallest absolute Gasteiger partial charge is 0.00362 e. The van der Waals surface area contributed by atoms with Gasteiger partial charge in [0.2, 0.25) is 0 Å². The molecule has 0 aromatic heterocycles. The molecule has 0 bridgehead atoms. The highest BCUT2D eigenvalue weighted by Gasteiger charge is 2.11. The molecule has 11 heavy (non-hydrogen) atoms. The lowest BCUT2D eigenvalue weighted by Crippen LogP contribution is -2.26. The lowest BCUT2D eigenvalue weighted by atomic mass is 9.91. The minimum atomic E-state index is 0.315. The summed E-state index contributed by atoms with van der Waals surface area (Å²) in [5, 5.41) is 0. The Balaban J connectivity index is 3.48. The summed E-state index contributed by atoms with van der Waals surface area (Å²) in [5.41, 5.74) is 11.2. The molecule has 0 aromatic rings. The Kier molecular flexibility index (Phi) is 5.51. The second-order valence-corrected chi connectivity index (χ2v) is 3.75. The van der Waals surface area contributed by atoms with Crippen LogP contribution >= 0.6 is 0 Å². The fraction of sp³-hybridized carbons (Fsp3) is 1.00. The number of nitrogens with two attached hydrogens (primary N) is 2. The van der Waals surface area contributed by atoms with Gasteiger partial charge in [-0.2, -0.15) is 0 Å². The Morgan fingerprint density at radius 3 is 2.09 bits per heavy atom. The summed E-state index contributed by atoms with van der Waals surface area (Å²) in [6.45, 7) is 7.32. The van der Waals surface area contributed by atoms with Crippen LogP contribution in [-0.2, 0) is 0 Å². The SMILES string of the molecule is CC(CCN)CC(C)C(C)N. The Morgan fingerprint density at radius 1 is 1.18 bits per heavy atom. The first-order valence-corrected chi connectivity index (χ1v) is 4.53. The van der Waals surface area contributed by atoms with Crippen molar-refractivity contribution < 1.29 is 0 Å². The van der Waals surface area contributed by atoms with Gasteiger partial charge in [0.25, 0.3) is 0 Å². The molecule has 3 unspecified atom stereocenters. The summed E-state index contributed by atoms with van der Waals surface area (Å²) < 4.78 is 0. The maximum atomic E-state index is 5.75. The number of hydrogen-bond acceptors (Lipinski definition) is 2. The van der Waals surface area contributed by atoms with E-state index < -0.39 is 0 Å². The molecule has 0 fully saturated rings. The van der Waals surface area contributed by atoms with Crippen molar-refractivity contribution in [2.24, 2.45) is 23.3 Å². The summed E-state index contributed by atoms with van der Waals surface area (Å²) >= 11 is 0. The van der Waals surface area contributed by atoms with Gasteiger partial charge in [-0.3, -0.25) is 0 Å². The zero-order valence-electron chi connectivity index (χ0n) is 8.01.